The highest BCUT2D eigenvalue weighted by Crippen LogP contribution is 2.33. The number of rotatable bonds is 6. The Kier molecular flexibility index (Phi) is 8.58. The van der Waals surface area contributed by atoms with Crippen molar-refractivity contribution in [3.8, 4) is 28.5 Å². The van der Waals surface area contributed by atoms with Crippen molar-refractivity contribution >= 4 is 6.47 Å². The van der Waals surface area contributed by atoms with Gasteiger partial charge in [-0.05, 0) is 86.3 Å². The number of aryl methyl sites for hydroxylation is 1. The van der Waals surface area contributed by atoms with Gasteiger partial charge < -0.3 is 19.7 Å². The number of pyridine rings is 1. The molecule has 0 atom stereocenters. The number of carbonyl (C=O) groups is 1. The number of ether oxygens (including phenoxy) is 2. The van der Waals surface area contributed by atoms with E-state index in [9.17, 15) is 9.50 Å². The number of hydrogen-bond acceptors (Lipinski definition) is 5. The first-order valence-corrected chi connectivity index (χ1v) is 10.1. The van der Waals surface area contributed by atoms with Crippen molar-refractivity contribution in [2.24, 2.45) is 0 Å². The van der Waals surface area contributed by atoms with Gasteiger partial charge in [-0.2, -0.15) is 0 Å². The smallest absolute Gasteiger partial charge is 0.290 e. The zero-order valence-electron chi connectivity index (χ0n) is 18.9. The number of nitrogens with zero attached hydrogens (tertiary/aromatic N) is 1. The minimum absolute atomic E-state index is 0.0405. The van der Waals surface area contributed by atoms with Crippen LogP contribution in [0.4, 0.5) is 4.39 Å². The number of benzene rings is 2. The highest BCUT2D eigenvalue weighted by Gasteiger charge is 2.15. The van der Waals surface area contributed by atoms with Crippen LogP contribution in [0.1, 0.15) is 34.9 Å². The van der Waals surface area contributed by atoms with Crippen LogP contribution in [0.15, 0.2) is 36.4 Å². The third kappa shape index (κ3) is 5.55. The van der Waals surface area contributed by atoms with Gasteiger partial charge in [0.05, 0.1) is 13.7 Å². The summed E-state index contributed by atoms with van der Waals surface area (Å²) in [7, 11) is 1.41. The molecule has 0 unspecified atom stereocenters. The number of aromatic hydroxyl groups is 1. The van der Waals surface area contributed by atoms with E-state index in [1.54, 1.807) is 18.2 Å². The predicted molar refractivity (Wildman–Crippen MR) is 121 cm³/mol. The van der Waals surface area contributed by atoms with Gasteiger partial charge in [0.2, 0.25) is 0 Å². The summed E-state index contributed by atoms with van der Waals surface area (Å²) in [5, 5.41) is 17.2. The highest BCUT2D eigenvalue weighted by atomic mass is 19.1. The van der Waals surface area contributed by atoms with Gasteiger partial charge in [0, 0.05) is 17.7 Å². The van der Waals surface area contributed by atoms with Gasteiger partial charge in [-0.3, -0.25) is 4.79 Å². The van der Waals surface area contributed by atoms with Crippen molar-refractivity contribution in [1.82, 2.24) is 4.98 Å². The van der Waals surface area contributed by atoms with E-state index < -0.39 is 5.82 Å². The summed E-state index contributed by atoms with van der Waals surface area (Å²) in [6, 6.07) is 9.93. The third-order valence-corrected chi connectivity index (χ3v) is 5.22. The summed E-state index contributed by atoms with van der Waals surface area (Å²) in [6.45, 7) is 8.57. The van der Waals surface area contributed by atoms with Crippen LogP contribution in [0.5, 0.6) is 17.2 Å². The molecule has 0 bridgehead atoms. The molecule has 7 heteroatoms. The molecule has 0 spiro atoms. The van der Waals surface area contributed by atoms with Crippen molar-refractivity contribution in [1.29, 1.82) is 0 Å². The third-order valence-electron chi connectivity index (χ3n) is 5.22. The molecular weight excluding hydrogens is 413 g/mol. The van der Waals surface area contributed by atoms with Crippen molar-refractivity contribution in [2.45, 2.75) is 34.1 Å². The minimum Gasteiger partial charge on any atom is -0.506 e. The van der Waals surface area contributed by atoms with Gasteiger partial charge in [-0.1, -0.05) is 0 Å². The van der Waals surface area contributed by atoms with E-state index in [1.165, 1.54) is 24.3 Å². The highest BCUT2D eigenvalue weighted by molar-refractivity contribution is 5.67. The van der Waals surface area contributed by atoms with Crippen LogP contribution in [0.25, 0.3) is 11.3 Å². The lowest BCUT2D eigenvalue weighted by Crippen LogP contribution is -2.04. The summed E-state index contributed by atoms with van der Waals surface area (Å²) in [4.78, 5) is 13.0. The van der Waals surface area contributed by atoms with E-state index in [1.807, 2.05) is 13.0 Å². The Morgan fingerprint density at radius 3 is 2.38 bits per heavy atom. The van der Waals surface area contributed by atoms with Gasteiger partial charge in [0.1, 0.15) is 17.2 Å². The Hall–Kier alpha value is -3.61. The Balaban J connectivity index is 0.00000114. The van der Waals surface area contributed by atoms with Crippen LogP contribution in [-0.2, 0) is 11.2 Å². The lowest BCUT2D eigenvalue weighted by Gasteiger charge is -2.17. The normalized spacial score (nSPS) is 10.2. The lowest BCUT2D eigenvalue weighted by molar-refractivity contribution is -0.122. The quantitative estimate of drug-likeness (QED) is 0.510. The second-order valence-electron chi connectivity index (χ2n) is 7.15. The van der Waals surface area contributed by atoms with E-state index in [0.717, 1.165) is 22.6 Å². The van der Waals surface area contributed by atoms with Gasteiger partial charge in [0.25, 0.3) is 6.47 Å². The van der Waals surface area contributed by atoms with Gasteiger partial charge >= 0.3 is 0 Å². The Morgan fingerprint density at radius 2 is 1.75 bits per heavy atom. The van der Waals surface area contributed by atoms with Crippen LogP contribution < -0.4 is 9.47 Å². The van der Waals surface area contributed by atoms with E-state index in [4.69, 9.17) is 19.4 Å². The zero-order valence-corrected chi connectivity index (χ0v) is 18.9. The first kappa shape index (κ1) is 24.7. The van der Waals surface area contributed by atoms with E-state index in [0.29, 0.717) is 24.3 Å². The molecule has 3 aromatic rings. The van der Waals surface area contributed by atoms with Crippen LogP contribution in [0.2, 0.25) is 0 Å². The summed E-state index contributed by atoms with van der Waals surface area (Å²) in [6.07, 6.45) is 0.622. The molecule has 0 aliphatic heterocycles. The SMILES string of the molecule is CCOc1cc(C)c(Cc2ccc(O)c(-c3ccc(F)c(OC)c3)n2)c(C)c1C.O=CO. The average Bonchev–Trinajstić information content (AvgIpc) is 2.77. The fourth-order valence-corrected chi connectivity index (χ4v) is 3.47. The number of carboxylic acid groups (broad SMARTS) is 1. The predicted octanol–water partition coefficient (Wildman–Crippen LogP) is 5.22. The van der Waals surface area contributed by atoms with E-state index >= 15 is 0 Å². The standard InChI is InChI=1S/C24H26FNO3.CH2O2/c1-6-29-22-11-14(2)19(15(3)16(22)4)13-18-8-10-21(27)24(26-18)17-7-9-20(25)23(12-17)28-5;2-1-3/h7-12,27H,6,13H2,1-5H3;1H,(H,2,3). The van der Waals surface area contributed by atoms with Crippen molar-refractivity contribution in [2.75, 3.05) is 13.7 Å². The molecule has 1 aromatic heterocycles. The number of halogens is 1. The number of aromatic nitrogens is 1. The van der Waals surface area contributed by atoms with Gasteiger partial charge in [-0.25, -0.2) is 9.37 Å². The summed E-state index contributed by atoms with van der Waals surface area (Å²) in [5.74, 6) is 0.605. The van der Waals surface area contributed by atoms with E-state index in [-0.39, 0.29) is 18.0 Å². The Bertz CT molecular complexity index is 1100. The van der Waals surface area contributed by atoms with Crippen LogP contribution in [0, 0.1) is 26.6 Å². The van der Waals surface area contributed by atoms with E-state index in [2.05, 4.69) is 31.8 Å². The monoisotopic (exact) mass is 441 g/mol. The minimum atomic E-state index is -0.456. The largest absolute Gasteiger partial charge is 0.506 e. The molecule has 2 N–H and O–H groups in total. The van der Waals surface area contributed by atoms with Crippen LogP contribution in [0.3, 0.4) is 0 Å². The van der Waals surface area contributed by atoms with Crippen LogP contribution >= 0.6 is 0 Å². The maximum absolute atomic E-state index is 13.7. The molecule has 0 aliphatic rings. The molecule has 32 heavy (non-hydrogen) atoms. The molecule has 0 amide bonds. The summed E-state index contributed by atoms with van der Waals surface area (Å²) < 4.78 is 24.5. The molecule has 0 saturated heterocycles. The Morgan fingerprint density at radius 1 is 1.06 bits per heavy atom. The second kappa shape index (κ2) is 11.1. The number of hydrogen-bond donors (Lipinski definition) is 2. The molecule has 0 fully saturated rings. The van der Waals surface area contributed by atoms with Crippen molar-refractivity contribution in [3.63, 3.8) is 0 Å². The molecule has 6 nitrogen and oxygen atoms in total. The topological polar surface area (TPSA) is 88.9 Å². The lowest BCUT2D eigenvalue weighted by atomic mass is 9.93. The molecule has 0 aliphatic carbocycles. The summed E-state index contributed by atoms with van der Waals surface area (Å²) >= 11 is 0. The maximum Gasteiger partial charge on any atom is 0.290 e. The molecule has 2 aromatic carbocycles. The van der Waals surface area contributed by atoms with Crippen molar-refractivity contribution < 1.29 is 28.9 Å². The fraction of sp³-hybridized carbons (Fsp3) is 0.280. The Labute approximate surface area is 187 Å². The number of methoxy groups -OCH3 is 1. The van der Waals surface area contributed by atoms with Gasteiger partial charge in [-0.15, -0.1) is 0 Å². The molecular formula is C25H28FNO5. The fourth-order valence-electron chi connectivity index (χ4n) is 3.47. The summed E-state index contributed by atoms with van der Waals surface area (Å²) in [5.41, 5.74) is 6.43. The second-order valence-corrected chi connectivity index (χ2v) is 7.15. The molecule has 0 radical (unpaired) electrons. The van der Waals surface area contributed by atoms with Gasteiger partial charge in [0.15, 0.2) is 11.6 Å². The maximum atomic E-state index is 13.7. The molecule has 0 saturated carbocycles. The first-order valence-electron chi connectivity index (χ1n) is 10.1. The van der Waals surface area contributed by atoms with Crippen LogP contribution in [-0.4, -0.2) is 35.4 Å². The molecule has 1 heterocycles. The first-order chi connectivity index (χ1) is 15.3. The zero-order chi connectivity index (χ0) is 23.8. The average molecular weight is 441 g/mol. The van der Waals surface area contributed by atoms with Crippen molar-refractivity contribution in [3.05, 3.63) is 70.2 Å². The molecule has 3 rings (SSSR count). The molecule has 170 valence electrons.